The highest BCUT2D eigenvalue weighted by molar-refractivity contribution is 5.82. The first-order valence-corrected chi connectivity index (χ1v) is 9.03. The molecule has 0 amide bonds. The molecule has 10 heteroatoms. The van der Waals surface area contributed by atoms with Crippen molar-refractivity contribution >= 4 is 28.7 Å². The van der Waals surface area contributed by atoms with Crippen LogP contribution in [0.4, 0.5) is 24.8 Å². The van der Waals surface area contributed by atoms with Crippen molar-refractivity contribution in [1.29, 1.82) is 10.5 Å². The van der Waals surface area contributed by atoms with Crippen LogP contribution in [-0.4, -0.2) is 15.0 Å². The summed E-state index contributed by atoms with van der Waals surface area (Å²) in [4.78, 5) is 11.2. The summed E-state index contributed by atoms with van der Waals surface area (Å²) >= 11 is 0. The number of rotatable bonds is 5. The van der Waals surface area contributed by atoms with Crippen molar-refractivity contribution in [3.8, 4) is 23.8 Å². The number of aromatic amines is 1. The second-order valence-corrected chi connectivity index (χ2v) is 6.40. The lowest BCUT2D eigenvalue weighted by atomic mass is 10.2. The van der Waals surface area contributed by atoms with E-state index in [4.69, 9.17) is 15.3 Å². The van der Waals surface area contributed by atoms with Gasteiger partial charge in [-0.05, 0) is 48.0 Å². The SMILES string of the molecule is N#C/C=C/c1cc(F)c(Oc2nc(Nc3ccc(C#N)c(F)c3)nc3cc[nH]c23)c(F)c1. The van der Waals surface area contributed by atoms with Crippen LogP contribution in [0.1, 0.15) is 11.1 Å². The van der Waals surface area contributed by atoms with Crippen molar-refractivity contribution < 1.29 is 17.9 Å². The number of anilines is 2. The molecule has 156 valence electrons. The lowest BCUT2D eigenvalue weighted by Crippen LogP contribution is -2.02. The van der Waals surface area contributed by atoms with E-state index in [2.05, 4.69) is 20.3 Å². The number of hydrogen-bond donors (Lipinski definition) is 2. The minimum absolute atomic E-state index is 0.0226. The smallest absolute Gasteiger partial charge is 0.249 e. The second-order valence-electron chi connectivity index (χ2n) is 6.40. The first kappa shape index (κ1) is 20.4. The molecule has 2 heterocycles. The molecule has 0 aliphatic heterocycles. The molecule has 0 fully saturated rings. The van der Waals surface area contributed by atoms with E-state index in [0.717, 1.165) is 24.3 Å². The summed E-state index contributed by atoms with van der Waals surface area (Å²) < 4.78 is 48.3. The molecule has 7 nitrogen and oxygen atoms in total. The fourth-order valence-electron chi connectivity index (χ4n) is 2.86. The summed E-state index contributed by atoms with van der Waals surface area (Å²) in [6, 6.07) is 10.9. The van der Waals surface area contributed by atoms with Gasteiger partial charge in [-0.25, -0.2) is 18.2 Å². The molecule has 0 atom stereocenters. The number of fused-ring (bicyclic) bond motifs is 1. The van der Waals surface area contributed by atoms with Crippen molar-refractivity contribution in [3.63, 3.8) is 0 Å². The molecule has 4 rings (SSSR count). The summed E-state index contributed by atoms with van der Waals surface area (Å²) in [6.45, 7) is 0. The van der Waals surface area contributed by atoms with Gasteiger partial charge in [-0.2, -0.15) is 15.5 Å². The third-order valence-electron chi connectivity index (χ3n) is 4.29. The zero-order valence-electron chi connectivity index (χ0n) is 16.0. The van der Waals surface area contributed by atoms with E-state index in [1.165, 1.54) is 18.2 Å². The second kappa shape index (κ2) is 8.50. The van der Waals surface area contributed by atoms with Crippen LogP contribution in [0.25, 0.3) is 17.1 Å². The maximum Gasteiger partial charge on any atom is 0.249 e. The first-order chi connectivity index (χ1) is 15.5. The van der Waals surface area contributed by atoms with Gasteiger partial charge in [-0.15, -0.1) is 0 Å². The van der Waals surface area contributed by atoms with E-state index in [1.54, 1.807) is 24.4 Å². The van der Waals surface area contributed by atoms with E-state index in [9.17, 15) is 13.2 Å². The molecule has 0 unspecified atom stereocenters. The number of ether oxygens (including phenoxy) is 1. The van der Waals surface area contributed by atoms with E-state index in [-0.39, 0.29) is 34.2 Å². The molecule has 0 spiro atoms. The zero-order chi connectivity index (χ0) is 22.7. The van der Waals surface area contributed by atoms with Crippen molar-refractivity contribution in [1.82, 2.24) is 15.0 Å². The Balaban J connectivity index is 1.70. The minimum Gasteiger partial charge on any atom is -0.431 e. The highest BCUT2D eigenvalue weighted by Crippen LogP contribution is 2.32. The van der Waals surface area contributed by atoms with Crippen molar-refractivity contribution in [2.45, 2.75) is 0 Å². The van der Waals surface area contributed by atoms with Crippen LogP contribution in [-0.2, 0) is 0 Å². The summed E-state index contributed by atoms with van der Waals surface area (Å²) in [5, 5.41) is 20.2. The molecule has 2 N–H and O–H groups in total. The highest BCUT2D eigenvalue weighted by atomic mass is 19.1. The Morgan fingerprint density at radius 3 is 2.47 bits per heavy atom. The summed E-state index contributed by atoms with van der Waals surface area (Å²) in [7, 11) is 0. The van der Waals surface area contributed by atoms with Crippen LogP contribution in [0.5, 0.6) is 11.6 Å². The summed E-state index contributed by atoms with van der Waals surface area (Å²) in [5.74, 6) is -3.61. The predicted octanol–water partition coefficient (Wildman–Crippen LogP) is 5.32. The van der Waals surface area contributed by atoms with Crippen molar-refractivity contribution in [3.05, 3.63) is 77.2 Å². The number of halogens is 3. The lowest BCUT2D eigenvalue weighted by Gasteiger charge is -2.11. The summed E-state index contributed by atoms with van der Waals surface area (Å²) in [6.07, 6.45) is 3.88. The van der Waals surface area contributed by atoms with Gasteiger partial charge in [0.05, 0.1) is 17.1 Å². The van der Waals surface area contributed by atoms with E-state index in [1.807, 2.05) is 0 Å². The number of H-pyrrole nitrogens is 1. The summed E-state index contributed by atoms with van der Waals surface area (Å²) in [5.41, 5.74) is 0.940. The Morgan fingerprint density at radius 2 is 1.78 bits per heavy atom. The monoisotopic (exact) mass is 432 g/mol. The van der Waals surface area contributed by atoms with Gasteiger partial charge in [-0.3, -0.25) is 0 Å². The van der Waals surface area contributed by atoms with E-state index < -0.39 is 23.2 Å². The van der Waals surface area contributed by atoms with Gasteiger partial charge in [0.25, 0.3) is 0 Å². The van der Waals surface area contributed by atoms with Crippen LogP contribution >= 0.6 is 0 Å². The largest absolute Gasteiger partial charge is 0.431 e. The molecule has 0 aliphatic rings. The molecule has 0 radical (unpaired) electrons. The number of allylic oxidation sites excluding steroid dienone is 1. The maximum absolute atomic E-state index is 14.5. The third-order valence-corrected chi connectivity index (χ3v) is 4.29. The third kappa shape index (κ3) is 4.06. The normalized spacial score (nSPS) is 10.8. The van der Waals surface area contributed by atoms with Crippen LogP contribution in [0.2, 0.25) is 0 Å². The van der Waals surface area contributed by atoms with Gasteiger partial charge in [0, 0.05) is 18.0 Å². The average molecular weight is 432 g/mol. The van der Waals surface area contributed by atoms with Crippen LogP contribution in [0.15, 0.2) is 48.7 Å². The number of aromatic nitrogens is 3. The first-order valence-electron chi connectivity index (χ1n) is 9.03. The zero-order valence-corrected chi connectivity index (χ0v) is 16.0. The van der Waals surface area contributed by atoms with Gasteiger partial charge >= 0.3 is 0 Å². The van der Waals surface area contributed by atoms with E-state index in [0.29, 0.717) is 5.52 Å². The Bertz CT molecular complexity index is 1430. The fourth-order valence-corrected chi connectivity index (χ4v) is 2.86. The highest BCUT2D eigenvalue weighted by Gasteiger charge is 2.18. The minimum atomic E-state index is -0.996. The molecule has 2 aromatic carbocycles. The van der Waals surface area contributed by atoms with Crippen molar-refractivity contribution in [2.24, 2.45) is 0 Å². The number of benzene rings is 2. The predicted molar refractivity (Wildman–Crippen MR) is 109 cm³/mol. The lowest BCUT2D eigenvalue weighted by molar-refractivity contribution is 0.399. The van der Waals surface area contributed by atoms with Crippen molar-refractivity contribution in [2.75, 3.05) is 5.32 Å². The molecular weight excluding hydrogens is 421 g/mol. The number of hydrogen-bond acceptors (Lipinski definition) is 6. The molecule has 2 aromatic heterocycles. The van der Waals surface area contributed by atoms with Gasteiger partial charge in [0.2, 0.25) is 17.6 Å². The Morgan fingerprint density at radius 1 is 1.00 bits per heavy atom. The average Bonchev–Trinajstić information content (AvgIpc) is 3.24. The molecule has 0 aliphatic carbocycles. The van der Waals surface area contributed by atoms with E-state index >= 15 is 0 Å². The molecule has 32 heavy (non-hydrogen) atoms. The maximum atomic E-state index is 14.5. The number of nitrogens with one attached hydrogen (secondary N) is 2. The molecule has 0 saturated carbocycles. The van der Waals surface area contributed by atoms with Gasteiger partial charge < -0.3 is 15.0 Å². The molecule has 0 bridgehead atoms. The van der Waals surface area contributed by atoms with Gasteiger partial charge in [0.15, 0.2) is 11.6 Å². The van der Waals surface area contributed by atoms with Crippen LogP contribution in [0, 0.1) is 40.1 Å². The Kier molecular flexibility index (Phi) is 5.43. The Labute approximate surface area is 179 Å². The van der Waals surface area contributed by atoms with Gasteiger partial charge in [0.1, 0.15) is 17.4 Å². The molecule has 0 saturated heterocycles. The molecular formula is C22H11F3N6O. The standard InChI is InChI=1S/C22H11F3N6O/c23-15-10-14(4-3-13(15)11-27)29-22-30-18-5-7-28-19(18)21(31-22)32-20-16(24)8-12(2-1-6-26)9-17(20)25/h1-5,7-10,28H,(H,29,30,31)/b2-1+. The number of nitriles is 2. The van der Waals surface area contributed by atoms with Crippen LogP contribution < -0.4 is 10.1 Å². The topological polar surface area (TPSA) is 110 Å². The Hall–Kier alpha value is -4.83. The molecule has 4 aromatic rings. The van der Waals surface area contributed by atoms with Gasteiger partial charge in [-0.1, -0.05) is 0 Å². The number of nitrogens with zero attached hydrogens (tertiary/aromatic N) is 4. The quantitative estimate of drug-likeness (QED) is 0.413. The van der Waals surface area contributed by atoms with Crippen LogP contribution in [0.3, 0.4) is 0 Å². The fraction of sp³-hybridized carbons (Fsp3) is 0.